The SMILES string of the molecule is CN(Cc1ccccc1)c1nc2ncn(CC(=O)Nc3cc(F)ccc3F)c(=O)c2s1. The van der Waals surface area contributed by atoms with Crippen molar-refractivity contribution in [3.05, 3.63) is 82.4 Å². The minimum Gasteiger partial charge on any atom is -0.347 e. The summed E-state index contributed by atoms with van der Waals surface area (Å²) in [6.07, 6.45) is 1.22. The van der Waals surface area contributed by atoms with Gasteiger partial charge in [0.25, 0.3) is 5.56 Å². The zero-order valence-electron chi connectivity index (χ0n) is 16.4. The number of aromatic nitrogens is 3. The fraction of sp³-hybridized carbons (Fsp3) is 0.143. The summed E-state index contributed by atoms with van der Waals surface area (Å²) >= 11 is 1.18. The number of carbonyl (C=O) groups excluding carboxylic acids is 1. The third-order valence-corrected chi connectivity index (χ3v) is 5.62. The molecule has 31 heavy (non-hydrogen) atoms. The van der Waals surface area contributed by atoms with E-state index < -0.39 is 29.6 Å². The maximum Gasteiger partial charge on any atom is 0.273 e. The lowest BCUT2D eigenvalue weighted by Gasteiger charge is -2.15. The van der Waals surface area contributed by atoms with Crippen molar-refractivity contribution < 1.29 is 13.6 Å². The molecule has 0 unspecified atom stereocenters. The van der Waals surface area contributed by atoms with Gasteiger partial charge >= 0.3 is 0 Å². The first-order valence-electron chi connectivity index (χ1n) is 9.26. The normalized spacial score (nSPS) is 10.9. The Kier molecular flexibility index (Phi) is 5.72. The van der Waals surface area contributed by atoms with Crippen molar-refractivity contribution in [3.63, 3.8) is 0 Å². The lowest BCUT2D eigenvalue weighted by atomic mass is 10.2. The van der Waals surface area contributed by atoms with E-state index in [1.54, 1.807) is 0 Å². The van der Waals surface area contributed by atoms with Gasteiger partial charge in [-0.05, 0) is 17.7 Å². The topological polar surface area (TPSA) is 80.1 Å². The number of amides is 1. The van der Waals surface area contributed by atoms with Gasteiger partial charge in [0.15, 0.2) is 10.8 Å². The van der Waals surface area contributed by atoms with Gasteiger partial charge < -0.3 is 10.2 Å². The van der Waals surface area contributed by atoms with Crippen LogP contribution in [0.4, 0.5) is 19.6 Å². The van der Waals surface area contributed by atoms with Gasteiger partial charge in [-0.2, -0.15) is 4.98 Å². The average Bonchev–Trinajstić information content (AvgIpc) is 3.19. The molecule has 0 saturated carbocycles. The van der Waals surface area contributed by atoms with Crippen LogP contribution < -0.4 is 15.8 Å². The molecule has 0 aliphatic carbocycles. The van der Waals surface area contributed by atoms with Gasteiger partial charge in [-0.1, -0.05) is 41.7 Å². The molecule has 1 N–H and O–H groups in total. The highest BCUT2D eigenvalue weighted by molar-refractivity contribution is 7.22. The van der Waals surface area contributed by atoms with Crippen LogP contribution >= 0.6 is 11.3 Å². The maximum atomic E-state index is 13.7. The molecule has 0 fully saturated rings. The zero-order valence-corrected chi connectivity index (χ0v) is 17.2. The number of thiazole rings is 1. The van der Waals surface area contributed by atoms with Crippen LogP contribution in [0.5, 0.6) is 0 Å². The van der Waals surface area contributed by atoms with Crippen LogP contribution in [0, 0.1) is 11.6 Å². The standard InChI is InChI=1S/C21H17F2N5O2S/c1-27(10-13-5-3-2-4-6-13)21-26-19-18(31-21)20(30)28(12-24-19)11-17(29)25-16-9-14(22)7-8-15(16)23/h2-9,12H,10-11H2,1H3,(H,25,29). The fourth-order valence-electron chi connectivity index (χ4n) is 2.97. The molecule has 0 bridgehead atoms. The molecule has 0 aliphatic heterocycles. The van der Waals surface area contributed by atoms with E-state index in [2.05, 4.69) is 15.3 Å². The molecule has 2 aromatic carbocycles. The Morgan fingerprint density at radius 3 is 2.74 bits per heavy atom. The summed E-state index contributed by atoms with van der Waals surface area (Å²) in [6, 6.07) is 12.6. The molecule has 2 aromatic heterocycles. The second kappa shape index (κ2) is 8.60. The Labute approximate surface area is 179 Å². The molecule has 4 aromatic rings. The summed E-state index contributed by atoms with van der Waals surface area (Å²) in [4.78, 5) is 35.5. The lowest BCUT2D eigenvalue weighted by Crippen LogP contribution is -2.27. The Morgan fingerprint density at radius 2 is 1.97 bits per heavy atom. The number of hydrogen-bond acceptors (Lipinski definition) is 6. The van der Waals surface area contributed by atoms with Crippen molar-refractivity contribution >= 4 is 38.4 Å². The molecular weight excluding hydrogens is 424 g/mol. The van der Waals surface area contributed by atoms with Crippen molar-refractivity contribution in [2.45, 2.75) is 13.1 Å². The third kappa shape index (κ3) is 4.58. The molecule has 0 spiro atoms. The van der Waals surface area contributed by atoms with Crippen LogP contribution in [0.15, 0.2) is 59.7 Å². The van der Waals surface area contributed by atoms with Gasteiger partial charge in [0.1, 0.15) is 29.2 Å². The van der Waals surface area contributed by atoms with Crippen molar-refractivity contribution in [1.82, 2.24) is 14.5 Å². The van der Waals surface area contributed by atoms with Crippen molar-refractivity contribution in [3.8, 4) is 0 Å². The summed E-state index contributed by atoms with van der Waals surface area (Å²) in [5.41, 5.74) is 0.653. The summed E-state index contributed by atoms with van der Waals surface area (Å²) in [7, 11) is 1.87. The third-order valence-electron chi connectivity index (χ3n) is 4.48. The van der Waals surface area contributed by atoms with Crippen LogP contribution in [-0.2, 0) is 17.9 Å². The Bertz CT molecular complexity index is 1310. The number of hydrogen-bond donors (Lipinski definition) is 1. The number of anilines is 2. The number of nitrogens with zero attached hydrogens (tertiary/aromatic N) is 4. The van der Waals surface area contributed by atoms with E-state index in [4.69, 9.17) is 0 Å². The zero-order chi connectivity index (χ0) is 22.0. The predicted molar refractivity (Wildman–Crippen MR) is 115 cm³/mol. The quantitative estimate of drug-likeness (QED) is 0.496. The first-order valence-corrected chi connectivity index (χ1v) is 10.1. The van der Waals surface area contributed by atoms with Crippen molar-refractivity contribution in [1.29, 1.82) is 0 Å². The molecule has 4 rings (SSSR count). The minimum atomic E-state index is -0.774. The number of halogens is 2. The molecule has 158 valence electrons. The summed E-state index contributed by atoms with van der Waals surface area (Å²) in [6.45, 7) is 0.210. The summed E-state index contributed by atoms with van der Waals surface area (Å²) in [5, 5.41) is 2.88. The van der Waals surface area contributed by atoms with E-state index in [1.165, 1.54) is 17.7 Å². The Balaban J connectivity index is 1.53. The lowest BCUT2D eigenvalue weighted by molar-refractivity contribution is -0.116. The molecule has 10 heteroatoms. The molecule has 2 heterocycles. The fourth-order valence-corrected chi connectivity index (χ4v) is 3.90. The highest BCUT2D eigenvalue weighted by Gasteiger charge is 2.16. The van der Waals surface area contributed by atoms with E-state index in [9.17, 15) is 18.4 Å². The monoisotopic (exact) mass is 441 g/mol. The van der Waals surface area contributed by atoms with Gasteiger partial charge in [-0.3, -0.25) is 14.2 Å². The number of rotatable bonds is 6. The number of carbonyl (C=O) groups is 1. The van der Waals surface area contributed by atoms with E-state index in [-0.39, 0.29) is 11.3 Å². The van der Waals surface area contributed by atoms with Crippen molar-refractivity contribution in [2.24, 2.45) is 0 Å². The van der Waals surface area contributed by atoms with E-state index >= 15 is 0 Å². The Morgan fingerprint density at radius 1 is 1.19 bits per heavy atom. The van der Waals surface area contributed by atoms with Crippen LogP contribution in [0.1, 0.15) is 5.56 Å². The molecule has 0 atom stereocenters. The molecule has 1 amide bonds. The van der Waals surface area contributed by atoms with Gasteiger partial charge in [-0.25, -0.2) is 13.8 Å². The Hall–Kier alpha value is -3.66. The van der Waals surface area contributed by atoms with Crippen LogP contribution in [0.3, 0.4) is 0 Å². The summed E-state index contributed by atoms with van der Waals surface area (Å²) in [5.74, 6) is -2.14. The van der Waals surface area contributed by atoms with E-state index in [0.717, 1.165) is 28.3 Å². The van der Waals surface area contributed by atoms with Crippen LogP contribution in [0.25, 0.3) is 10.3 Å². The van der Waals surface area contributed by atoms with E-state index in [1.807, 2.05) is 42.3 Å². The molecule has 0 aliphatic rings. The minimum absolute atomic E-state index is 0.290. The number of nitrogens with one attached hydrogen (secondary N) is 1. The van der Waals surface area contributed by atoms with Crippen LogP contribution in [0.2, 0.25) is 0 Å². The highest BCUT2D eigenvalue weighted by Crippen LogP contribution is 2.25. The average molecular weight is 441 g/mol. The van der Waals surface area contributed by atoms with Crippen LogP contribution in [-0.4, -0.2) is 27.5 Å². The second-order valence-electron chi connectivity index (χ2n) is 6.84. The van der Waals surface area contributed by atoms with Gasteiger partial charge in [0.2, 0.25) is 5.91 Å². The predicted octanol–water partition coefficient (Wildman–Crippen LogP) is 3.41. The van der Waals surface area contributed by atoms with Crippen molar-refractivity contribution in [2.75, 3.05) is 17.3 Å². The second-order valence-corrected chi connectivity index (χ2v) is 7.82. The number of fused-ring (bicyclic) bond motifs is 1. The molecule has 0 radical (unpaired) electrons. The first kappa shape index (κ1) is 20.6. The summed E-state index contributed by atoms with van der Waals surface area (Å²) < 4.78 is 28.4. The first-order chi connectivity index (χ1) is 14.9. The van der Waals surface area contributed by atoms with Gasteiger partial charge in [0.05, 0.1) is 5.69 Å². The smallest absolute Gasteiger partial charge is 0.273 e. The molecular formula is C21H17F2N5O2S. The maximum absolute atomic E-state index is 13.7. The molecule has 0 saturated heterocycles. The van der Waals surface area contributed by atoms with Gasteiger partial charge in [0, 0.05) is 19.7 Å². The molecule has 7 nitrogen and oxygen atoms in total. The van der Waals surface area contributed by atoms with Gasteiger partial charge in [-0.15, -0.1) is 0 Å². The largest absolute Gasteiger partial charge is 0.347 e. The highest BCUT2D eigenvalue weighted by atomic mass is 32.1. The number of benzene rings is 2. The van der Waals surface area contributed by atoms with E-state index in [0.29, 0.717) is 16.4 Å².